The minimum Gasteiger partial charge on any atom is -0.381 e. The molecule has 3 heteroatoms. The molecule has 1 heterocycles. The van der Waals surface area contributed by atoms with Crippen molar-refractivity contribution in [1.29, 1.82) is 0 Å². The van der Waals surface area contributed by atoms with Gasteiger partial charge in [-0.15, -0.1) is 0 Å². The second-order valence-electron chi connectivity index (χ2n) is 8.95. The molecule has 0 radical (unpaired) electrons. The fourth-order valence-corrected chi connectivity index (χ4v) is 3.09. The van der Waals surface area contributed by atoms with Crippen LogP contribution in [-0.4, -0.2) is 50.3 Å². The number of ether oxygens (including phenoxy) is 1. The van der Waals surface area contributed by atoms with Crippen LogP contribution in [-0.2, 0) is 4.74 Å². The van der Waals surface area contributed by atoms with Gasteiger partial charge in [-0.05, 0) is 51.5 Å². The minimum absolute atomic E-state index is 0.188. The molecular weight excluding hydrogens is 248 g/mol. The molecule has 0 aromatic carbocycles. The molecule has 1 rings (SSSR count). The van der Waals surface area contributed by atoms with Gasteiger partial charge in [0.15, 0.2) is 0 Å². The Labute approximate surface area is 126 Å². The summed E-state index contributed by atoms with van der Waals surface area (Å²) >= 11 is 0. The van der Waals surface area contributed by atoms with Gasteiger partial charge >= 0.3 is 0 Å². The summed E-state index contributed by atoms with van der Waals surface area (Å²) in [6.07, 6.45) is 2.34. The minimum atomic E-state index is 0.188. The van der Waals surface area contributed by atoms with Gasteiger partial charge in [-0.1, -0.05) is 20.8 Å². The van der Waals surface area contributed by atoms with Crippen molar-refractivity contribution in [3.63, 3.8) is 0 Å². The van der Waals surface area contributed by atoms with Crippen LogP contribution in [0.4, 0.5) is 0 Å². The highest BCUT2D eigenvalue weighted by Gasteiger charge is 2.35. The predicted octanol–water partition coefficient (Wildman–Crippen LogP) is 3.15. The first-order valence-electron chi connectivity index (χ1n) is 8.03. The van der Waals surface area contributed by atoms with Crippen molar-refractivity contribution in [2.45, 2.75) is 59.9 Å². The molecule has 0 atom stereocenters. The maximum Gasteiger partial charge on any atom is 0.0472 e. The van der Waals surface area contributed by atoms with Crippen LogP contribution in [0.25, 0.3) is 0 Å². The second kappa shape index (κ2) is 6.76. The smallest absolute Gasteiger partial charge is 0.0472 e. The molecule has 0 unspecified atom stereocenters. The Hall–Kier alpha value is -0.120. The van der Waals surface area contributed by atoms with Crippen molar-refractivity contribution in [2.24, 2.45) is 10.8 Å². The molecule has 0 amide bonds. The summed E-state index contributed by atoms with van der Waals surface area (Å²) in [7, 11) is 2.26. The van der Waals surface area contributed by atoms with Crippen LogP contribution in [0.2, 0.25) is 0 Å². The molecule has 1 aliphatic rings. The zero-order valence-corrected chi connectivity index (χ0v) is 14.8. The standard InChI is InChI=1S/C17H36N2O/c1-15(2,3)13-19(7)14-17(8-10-20-11-9-17)12-18-16(4,5)6/h18H,8-14H2,1-7H3. The predicted molar refractivity (Wildman–Crippen MR) is 87.2 cm³/mol. The zero-order valence-electron chi connectivity index (χ0n) is 14.8. The summed E-state index contributed by atoms with van der Waals surface area (Å²) in [5.41, 5.74) is 0.915. The van der Waals surface area contributed by atoms with Crippen molar-refractivity contribution in [2.75, 3.05) is 39.9 Å². The van der Waals surface area contributed by atoms with E-state index in [0.717, 1.165) is 32.8 Å². The van der Waals surface area contributed by atoms with Gasteiger partial charge in [0.25, 0.3) is 0 Å². The largest absolute Gasteiger partial charge is 0.381 e. The van der Waals surface area contributed by atoms with Crippen LogP contribution in [0.1, 0.15) is 54.4 Å². The fourth-order valence-electron chi connectivity index (χ4n) is 3.09. The molecular formula is C17H36N2O. The molecule has 1 N–H and O–H groups in total. The SMILES string of the molecule is CN(CC(C)(C)C)CC1(CNC(C)(C)C)CCOCC1. The van der Waals surface area contributed by atoms with Gasteiger partial charge in [-0.3, -0.25) is 0 Å². The lowest BCUT2D eigenvalue weighted by Crippen LogP contribution is -2.51. The maximum atomic E-state index is 5.59. The normalized spacial score (nSPS) is 20.4. The highest BCUT2D eigenvalue weighted by Crippen LogP contribution is 2.32. The Morgan fingerprint density at radius 2 is 1.60 bits per heavy atom. The Balaban J connectivity index is 2.63. The van der Waals surface area contributed by atoms with E-state index in [9.17, 15) is 0 Å². The van der Waals surface area contributed by atoms with Crippen molar-refractivity contribution >= 4 is 0 Å². The summed E-state index contributed by atoms with van der Waals surface area (Å²) in [5, 5.41) is 3.72. The van der Waals surface area contributed by atoms with E-state index in [2.05, 4.69) is 58.8 Å². The first kappa shape index (κ1) is 17.9. The van der Waals surface area contributed by atoms with Crippen molar-refractivity contribution < 1.29 is 4.74 Å². The maximum absolute atomic E-state index is 5.59. The Morgan fingerprint density at radius 1 is 1.05 bits per heavy atom. The molecule has 0 spiro atoms. The van der Waals surface area contributed by atoms with Crippen LogP contribution in [0.3, 0.4) is 0 Å². The third kappa shape index (κ3) is 7.05. The molecule has 0 saturated carbocycles. The van der Waals surface area contributed by atoms with Crippen LogP contribution in [0.15, 0.2) is 0 Å². The van der Waals surface area contributed by atoms with Gasteiger partial charge in [0.1, 0.15) is 0 Å². The summed E-state index contributed by atoms with van der Waals surface area (Å²) in [6.45, 7) is 18.9. The third-order valence-corrected chi connectivity index (χ3v) is 3.90. The second-order valence-corrected chi connectivity index (χ2v) is 8.95. The van der Waals surface area contributed by atoms with Gasteiger partial charge in [0, 0.05) is 38.4 Å². The van der Waals surface area contributed by atoms with Crippen LogP contribution < -0.4 is 5.32 Å². The summed E-state index contributed by atoms with van der Waals surface area (Å²) in [6, 6.07) is 0. The molecule has 20 heavy (non-hydrogen) atoms. The highest BCUT2D eigenvalue weighted by atomic mass is 16.5. The van der Waals surface area contributed by atoms with E-state index in [1.54, 1.807) is 0 Å². The van der Waals surface area contributed by atoms with E-state index in [0.29, 0.717) is 10.8 Å². The average molecular weight is 284 g/mol. The lowest BCUT2D eigenvalue weighted by Gasteiger charge is -2.43. The molecule has 1 fully saturated rings. The lowest BCUT2D eigenvalue weighted by atomic mass is 9.78. The van der Waals surface area contributed by atoms with Gasteiger partial charge in [-0.25, -0.2) is 0 Å². The number of hydrogen-bond donors (Lipinski definition) is 1. The molecule has 0 aliphatic carbocycles. The topological polar surface area (TPSA) is 24.5 Å². The molecule has 0 aromatic heterocycles. The average Bonchev–Trinajstić information content (AvgIpc) is 2.24. The highest BCUT2D eigenvalue weighted by molar-refractivity contribution is 4.89. The van der Waals surface area contributed by atoms with E-state index >= 15 is 0 Å². The van der Waals surface area contributed by atoms with Gasteiger partial charge < -0.3 is 15.0 Å². The van der Waals surface area contributed by atoms with Crippen LogP contribution in [0.5, 0.6) is 0 Å². The molecule has 0 aromatic rings. The quantitative estimate of drug-likeness (QED) is 0.839. The third-order valence-electron chi connectivity index (χ3n) is 3.90. The van der Waals surface area contributed by atoms with Crippen LogP contribution in [0, 0.1) is 10.8 Å². The monoisotopic (exact) mass is 284 g/mol. The first-order chi connectivity index (χ1) is 9.02. The molecule has 1 aliphatic heterocycles. The number of rotatable bonds is 5. The van der Waals surface area contributed by atoms with Gasteiger partial charge in [0.05, 0.1) is 0 Å². The van der Waals surface area contributed by atoms with E-state index < -0.39 is 0 Å². The number of hydrogen-bond acceptors (Lipinski definition) is 3. The van der Waals surface area contributed by atoms with Crippen LogP contribution >= 0.6 is 0 Å². The van der Waals surface area contributed by atoms with E-state index in [4.69, 9.17) is 4.74 Å². The van der Waals surface area contributed by atoms with Crippen molar-refractivity contribution in [3.8, 4) is 0 Å². The fraction of sp³-hybridized carbons (Fsp3) is 1.00. The Bertz CT molecular complexity index is 282. The molecule has 1 saturated heterocycles. The zero-order chi connectivity index (χ0) is 15.4. The lowest BCUT2D eigenvalue weighted by molar-refractivity contribution is -0.00698. The van der Waals surface area contributed by atoms with Gasteiger partial charge in [-0.2, -0.15) is 0 Å². The van der Waals surface area contributed by atoms with Crippen molar-refractivity contribution in [3.05, 3.63) is 0 Å². The summed E-state index contributed by atoms with van der Waals surface area (Å²) < 4.78 is 5.59. The summed E-state index contributed by atoms with van der Waals surface area (Å²) in [5.74, 6) is 0. The molecule has 3 nitrogen and oxygen atoms in total. The first-order valence-corrected chi connectivity index (χ1v) is 8.03. The van der Waals surface area contributed by atoms with E-state index in [1.165, 1.54) is 12.8 Å². The Morgan fingerprint density at radius 3 is 2.05 bits per heavy atom. The van der Waals surface area contributed by atoms with Crippen molar-refractivity contribution in [1.82, 2.24) is 10.2 Å². The van der Waals surface area contributed by atoms with E-state index in [1.807, 2.05) is 0 Å². The molecule has 0 bridgehead atoms. The Kier molecular flexibility index (Phi) is 6.06. The van der Waals surface area contributed by atoms with E-state index in [-0.39, 0.29) is 5.54 Å². The number of nitrogens with zero attached hydrogens (tertiary/aromatic N) is 1. The number of nitrogens with one attached hydrogen (secondary N) is 1. The summed E-state index contributed by atoms with van der Waals surface area (Å²) in [4.78, 5) is 2.51. The molecule has 120 valence electrons. The van der Waals surface area contributed by atoms with Gasteiger partial charge in [0.2, 0.25) is 0 Å².